The summed E-state index contributed by atoms with van der Waals surface area (Å²) < 4.78 is 0. The molecule has 0 saturated carbocycles. The van der Waals surface area contributed by atoms with Crippen LogP contribution < -0.4 is 0 Å². The Labute approximate surface area is 129 Å². The first-order valence-electron chi connectivity index (χ1n) is 7.22. The van der Waals surface area contributed by atoms with Crippen LogP contribution in [0.3, 0.4) is 0 Å². The largest absolute Gasteiger partial charge is 0.478 e. The maximum Gasteiger partial charge on any atom is 0.335 e. The first kappa shape index (κ1) is 14.3. The monoisotopic (exact) mass is 292 g/mol. The minimum atomic E-state index is -0.882. The van der Waals surface area contributed by atoms with E-state index in [1.54, 1.807) is 12.1 Å². The number of nitrogens with zero attached hydrogens (tertiary/aromatic N) is 2. The molecule has 0 radical (unpaired) electrons. The average molecular weight is 292 g/mol. The van der Waals surface area contributed by atoms with Gasteiger partial charge in [0, 0.05) is 19.6 Å². The van der Waals surface area contributed by atoms with Crippen molar-refractivity contribution in [3.63, 3.8) is 0 Å². The highest BCUT2D eigenvalue weighted by Crippen LogP contribution is 2.22. The van der Waals surface area contributed by atoms with Crippen molar-refractivity contribution in [3.8, 4) is 6.07 Å². The van der Waals surface area contributed by atoms with Gasteiger partial charge in [-0.1, -0.05) is 18.2 Å². The van der Waals surface area contributed by atoms with Gasteiger partial charge >= 0.3 is 5.97 Å². The van der Waals surface area contributed by atoms with Crippen molar-refractivity contribution in [1.29, 1.82) is 5.26 Å². The molecule has 0 aromatic heterocycles. The van der Waals surface area contributed by atoms with Crippen LogP contribution in [-0.4, -0.2) is 22.5 Å². The quantitative estimate of drug-likeness (QED) is 0.944. The maximum absolute atomic E-state index is 11.1. The third kappa shape index (κ3) is 3.00. The van der Waals surface area contributed by atoms with Crippen molar-refractivity contribution in [2.45, 2.75) is 19.5 Å². The summed E-state index contributed by atoms with van der Waals surface area (Å²) in [7, 11) is 0. The molecule has 0 fully saturated rings. The molecule has 2 aromatic rings. The highest BCUT2D eigenvalue weighted by molar-refractivity contribution is 5.87. The molecule has 110 valence electrons. The topological polar surface area (TPSA) is 64.3 Å². The molecule has 0 bridgehead atoms. The molecule has 3 rings (SSSR count). The second-order valence-electron chi connectivity index (χ2n) is 5.56. The van der Waals surface area contributed by atoms with E-state index in [2.05, 4.69) is 11.0 Å². The fourth-order valence-corrected chi connectivity index (χ4v) is 2.83. The van der Waals surface area contributed by atoms with Crippen molar-refractivity contribution >= 4 is 5.97 Å². The lowest BCUT2D eigenvalue weighted by molar-refractivity contribution is 0.0696. The average Bonchev–Trinajstić information content (AvgIpc) is 2.55. The minimum Gasteiger partial charge on any atom is -0.478 e. The lowest BCUT2D eigenvalue weighted by Crippen LogP contribution is -2.30. The van der Waals surface area contributed by atoms with Gasteiger partial charge in [0.15, 0.2) is 0 Å². The molecule has 1 heterocycles. The first-order valence-corrected chi connectivity index (χ1v) is 7.22. The number of benzene rings is 2. The van der Waals surface area contributed by atoms with Crippen molar-refractivity contribution in [2.24, 2.45) is 0 Å². The molecule has 0 spiro atoms. The molecule has 0 amide bonds. The number of rotatable bonds is 3. The summed E-state index contributed by atoms with van der Waals surface area (Å²) >= 11 is 0. The molecule has 0 aliphatic carbocycles. The molecule has 22 heavy (non-hydrogen) atoms. The van der Waals surface area contributed by atoms with Crippen LogP contribution in [0.5, 0.6) is 0 Å². The number of carboxylic acid groups (broad SMARTS) is 1. The van der Waals surface area contributed by atoms with Crippen LogP contribution in [-0.2, 0) is 19.5 Å². The summed E-state index contributed by atoms with van der Waals surface area (Å²) in [5.74, 6) is -0.882. The predicted octanol–water partition coefficient (Wildman–Crippen LogP) is 2.81. The molecule has 2 aromatic carbocycles. The highest BCUT2D eigenvalue weighted by Gasteiger charge is 2.17. The fourth-order valence-electron chi connectivity index (χ4n) is 2.83. The van der Waals surface area contributed by atoms with Crippen LogP contribution in [0, 0.1) is 11.3 Å². The van der Waals surface area contributed by atoms with E-state index in [4.69, 9.17) is 10.4 Å². The number of fused-ring (bicyclic) bond motifs is 1. The van der Waals surface area contributed by atoms with Crippen LogP contribution in [0.15, 0.2) is 42.5 Å². The van der Waals surface area contributed by atoms with E-state index in [1.807, 2.05) is 30.3 Å². The molecule has 4 nitrogen and oxygen atoms in total. The Balaban J connectivity index is 1.74. The predicted molar refractivity (Wildman–Crippen MR) is 82.4 cm³/mol. The lowest BCUT2D eigenvalue weighted by Gasteiger charge is -2.29. The van der Waals surface area contributed by atoms with Gasteiger partial charge in [-0.15, -0.1) is 0 Å². The van der Waals surface area contributed by atoms with Gasteiger partial charge in [-0.3, -0.25) is 4.90 Å². The summed E-state index contributed by atoms with van der Waals surface area (Å²) in [6.07, 6.45) is 0.936. The molecule has 0 atom stereocenters. The van der Waals surface area contributed by atoms with Crippen molar-refractivity contribution < 1.29 is 9.90 Å². The summed E-state index contributed by atoms with van der Waals surface area (Å²) in [4.78, 5) is 13.4. The number of carboxylic acids is 1. The number of nitriles is 1. The summed E-state index contributed by atoms with van der Waals surface area (Å²) in [6, 6.07) is 15.1. The van der Waals surface area contributed by atoms with Crippen molar-refractivity contribution in [2.75, 3.05) is 6.54 Å². The number of aromatic carboxylic acids is 1. The maximum atomic E-state index is 11.1. The Morgan fingerprint density at radius 3 is 2.64 bits per heavy atom. The third-order valence-electron chi connectivity index (χ3n) is 4.03. The third-order valence-corrected chi connectivity index (χ3v) is 4.03. The van der Waals surface area contributed by atoms with Gasteiger partial charge in [-0.25, -0.2) is 4.79 Å². The van der Waals surface area contributed by atoms with Gasteiger partial charge in [-0.2, -0.15) is 5.26 Å². The summed E-state index contributed by atoms with van der Waals surface area (Å²) in [5.41, 5.74) is 4.51. The van der Waals surface area contributed by atoms with Gasteiger partial charge in [0.2, 0.25) is 0 Å². The summed E-state index contributed by atoms with van der Waals surface area (Å²) in [6.45, 7) is 2.53. The number of carbonyl (C=O) groups is 1. The van der Waals surface area contributed by atoms with E-state index in [-0.39, 0.29) is 0 Å². The molecule has 1 aliphatic rings. The zero-order valence-electron chi connectivity index (χ0n) is 12.1. The Kier molecular flexibility index (Phi) is 3.90. The molecular formula is C18H16N2O2. The van der Waals surface area contributed by atoms with Crippen LogP contribution in [0.1, 0.15) is 32.6 Å². The second-order valence-corrected chi connectivity index (χ2v) is 5.56. The van der Waals surface area contributed by atoms with E-state index in [9.17, 15) is 4.79 Å². The van der Waals surface area contributed by atoms with Crippen LogP contribution in [0.25, 0.3) is 0 Å². The van der Waals surface area contributed by atoms with E-state index in [0.29, 0.717) is 11.1 Å². The summed E-state index contributed by atoms with van der Waals surface area (Å²) in [5, 5.41) is 17.9. The van der Waals surface area contributed by atoms with Gasteiger partial charge in [0.25, 0.3) is 0 Å². The van der Waals surface area contributed by atoms with E-state index >= 15 is 0 Å². The number of hydrogen-bond donors (Lipinski definition) is 1. The van der Waals surface area contributed by atoms with Gasteiger partial charge in [0.1, 0.15) is 0 Å². The molecule has 1 N–H and O–H groups in total. The second kappa shape index (κ2) is 6.00. The Morgan fingerprint density at radius 2 is 1.95 bits per heavy atom. The van der Waals surface area contributed by atoms with Gasteiger partial charge < -0.3 is 5.11 Å². The van der Waals surface area contributed by atoms with Crippen LogP contribution in [0.4, 0.5) is 0 Å². The Hall–Kier alpha value is -2.64. The normalized spacial score (nSPS) is 14.1. The minimum absolute atomic E-state index is 0.346. The molecule has 0 unspecified atom stereocenters. The van der Waals surface area contributed by atoms with Crippen LogP contribution in [0.2, 0.25) is 0 Å². The highest BCUT2D eigenvalue weighted by atomic mass is 16.4. The lowest BCUT2D eigenvalue weighted by atomic mass is 9.97. The molecule has 0 saturated heterocycles. The van der Waals surface area contributed by atoms with E-state index < -0.39 is 5.97 Å². The Morgan fingerprint density at radius 1 is 1.18 bits per heavy atom. The molecular weight excluding hydrogens is 276 g/mol. The smallest absolute Gasteiger partial charge is 0.335 e. The van der Waals surface area contributed by atoms with Crippen molar-refractivity contribution in [1.82, 2.24) is 4.90 Å². The van der Waals surface area contributed by atoms with Gasteiger partial charge in [-0.05, 0) is 47.4 Å². The zero-order valence-corrected chi connectivity index (χ0v) is 12.1. The molecule has 1 aliphatic heterocycles. The number of hydrogen-bond acceptors (Lipinski definition) is 3. The van der Waals surface area contributed by atoms with Crippen LogP contribution >= 0.6 is 0 Å². The fraction of sp³-hybridized carbons (Fsp3) is 0.222. The SMILES string of the molecule is N#Cc1ccc(CN2CCc3ccc(C(=O)O)cc3C2)cc1. The zero-order chi connectivity index (χ0) is 15.5. The van der Waals surface area contributed by atoms with Gasteiger partial charge in [0.05, 0.1) is 17.2 Å². The molecule has 4 heteroatoms. The Bertz CT molecular complexity index is 745. The van der Waals surface area contributed by atoms with E-state index in [0.717, 1.165) is 37.2 Å². The van der Waals surface area contributed by atoms with E-state index in [1.165, 1.54) is 5.56 Å². The standard InChI is InChI=1S/C18H16N2O2/c19-10-13-1-3-14(4-2-13)11-20-8-7-15-5-6-16(18(21)22)9-17(15)12-20/h1-6,9H,7-8,11-12H2,(H,21,22). The first-order chi connectivity index (χ1) is 10.7. The van der Waals surface area contributed by atoms with Crippen molar-refractivity contribution in [3.05, 3.63) is 70.3 Å².